The lowest BCUT2D eigenvalue weighted by atomic mass is 10.0. The van der Waals surface area contributed by atoms with E-state index < -0.39 is 0 Å². The highest BCUT2D eigenvalue weighted by atomic mass is 14.0. The van der Waals surface area contributed by atoms with Crippen LogP contribution >= 0.6 is 0 Å². The fourth-order valence-corrected chi connectivity index (χ4v) is 2.24. The second-order valence-electron chi connectivity index (χ2n) is 5.29. The zero-order valence-corrected chi connectivity index (χ0v) is 16.8. The maximum Gasteiger partial charge on any atom is 0.0424 e. The van der Waals surface area contributed by atoms with Crippen molar-refractivity contribution in [3.05, 3.63) is 83.9 Å². The third kappa shape index (κ3) is 9.58. The van der Waals surface area contributed by atoms with E-state index in [0.717, 1.165) is 6.42 Å². The molecule has 0 saturated heterocycles. The summed E-state index contributed by atoms with van der Waals surface area (Å²) in [5, 5.41) is 0. The number of hydrogen-bond acceptors (Lipinski definition) is 0. The molecule has 0 heterocycles. The topological polar surface area (TPSA) is 0 Å². The Bertz CT molecular complexity index is 611. The summed E-state index contributed by atoms with van der Waals surface area (Å²) in [5.74, 6) is 7.31. The van der Waals surface area contributed by atoms with E-state index in [-0.39, 0.29) is 0 Å². The van der Waals surface area contributed by atoms with Crippen LogP contribution in [0, 0.1) is 11.8 Å². The average Bonchev–Trinajstić information content (AvgIpc) is 2.71. The molecule has 0 nitrogen and oxygen atoms in total. The third-order valence-corrected chi connectivity index (χ3v) is 3.59. The van der Waals surface area contributed by atoms with Gasteiger partial charge in [-0.3, -0.25) is 0 Å². The van der Waals surface area contributed by atoms with Gasteiger partial charge in [-0.25, -0.2) is 0 Å². The molecule has 0 radical (unpaired) electrons. The van der Waals surface area contributed by atoms with Crippen molar-refractivity contribution in [3.63, 3.8) is 0 Å². The average molecular weight is 335 g/mol. The van der Waals surface area contributed by atoms with Crippen LogP contribution in [-0.4, -0.2) is 0 Å². The first-order valence-corrected chi connectivity index (χ1v) is 9.52. The summed E-state index contributed by atoms with van der Waals surface area (Å²) >= 11 is 0. The van der Waals surface area contributed by atoms with E-state index in [1.807, 2.05) is 33.8 Å². The van der Waals surface area contributed by atoms with Gasteiger partial charge >= 0.3 is 0 Å². The van der Waals surface area contributed by atoms with Crippen molar-refractivity contribution in [2.45, 2.75) is 59.8 Å². The van der Waals surface area contributed by atoms with E-state index in [1.54, 1.807) is 0 Å². The Morgan fingerprint density at radius 2 is 1.24 bits per heavy atom. The lowest BCUT2D eigenvalue weighted by molar-refractivity contribution is 0.962. The van der Waals surface area contributed by atoms with Crippen LogP contribution in [0.1, 0.15) is 70.9 Å². The lowest BCUT2D eigenvalue weighted by Crippen LogP contribution is -1.88. The molecule has 2 aromatic carbocycles. The molecular formula is C25H34. The highest BCUT2D eigenvalue weighted by molar-refractivity contribution is 5.27. The third-order valence-electron chi connectivity index (χ3n) is 3.59. The molecule has 134 valence electrons. The summed E-state index contributed by atoms with van der Waals surface area (Å²) in [5.41, 5.74) is 2.63. The van der Waals surface area contributed by atoms with Crippen LogP contribution < -0.4 is 0 Å². The quantitative estimate of drug-likeness (QED) is 0.399. The van der Waals surface area contributed by atoms with Crippen LogP contribution in [-0.2, 0) is 0 Å². The first-order chi connectivity index (χ1) is 12.3. The summed E-state index contributed by atoms with van der Waals surface area (Å²) < 4.78 is 0. The molecule has 0 aliphatic heterocycles. The minimum atomic E-state index is 0.297. The molecule has 0 aliphatic carbocycles. The Kier molecular flexibility index (Phi) is 13.9. The normalized spacial score (nSPS) is 11.8. The molecule has 0 aromatic heterocycles. The van der Waals surface area contributed by atoms with E-state index in [1.165, 1.54) is 11.1 Å². The Morgan fingerprint density at radius 1 is 0.760 bits per heavy atom. The summed E-state index contributed by atoms with van der Waals surface area (Å²) in [6, 6.07) is 21.0. The molecule has 0 spiro atoms. The predicted molar refractivity (Wildman–Crippen MR) is 114 cm³/mol. The van der Waals surface area contributed by atoms with Crippen LogP contribution in [0.25, 0.3) is 0 Å². The second kappa shape index (κ2) is 15.3. The van der Waals surface area contributed by atoms with E-state index >= 15 is 0 Å². The standard InChI is InChI=1S/C21H22.2C2H6/c1-18(20-14-8-4-9-15-20)12-6-3-7-13-19(2)21-16-10-5-11-17-21;2*1-2/h4-6,8-12,14-19H,3H2,1-2H3;2*1-2H3/b12-6+;;. The van der Waals surface area contributed by atoms with Crippen molar-refractivity contribution in [1.82, 2.24) is 0 Å². The summed E-state index contributed by atoms with van der Waals surface area (Å²) in [6.07, 6.45) is 5.22. The first-order valence-electron chi connectivity index (χ1n) is 9.52. The van der Waals surface area contributed by atoms with Gasteiger partial charge in [0.15, 0.2) is 0 Å². The van der Waals surface area contributed by atoms with Crippen LogP contribution in [0.5, 0.6) is 0 Å². The Labute approximate surface area is 156 Å². The van der Waals surface area contributed by atoms with Crippen molar-refractivity contribution in [1.29, 1.82) is 0 Å². The van der Waals surface area contributed by atoms with Crippen LogP contribution in [0.3, 0.4) is 0 Å². The molecule has 0 bridgehead atoms. The molecule has 0 aliphatic rings. The fraction of sp³-hybridized carbons (Fsp3) is 0.360. The van der Waals surface area contributed by atoms with Crippen molar-refractivity contribution < 1.29 is 0 Å². The predicted octanol–water partition coefficient (Wildman–Crippen LogP) is 7.60. The molecule has 2 rings (SSSR count). The smallest absolute Gasteiger partial charge is 0.0424 e. The molecule has 2 unspecified atom stereocenters. The molecule has 25 heavy (non-hydrogen) atoms. The molecule has 0 N–H and O–H groups in total. The van der Waals surface area contributed by atoms with Crippen molar-refractivity contribution in [2.24, 2.45) is 0 Å². The SMILES string of the molecule is CC.CC.CC(C#CC/C=C/C(C)c1ccccc1)c1ccccc1. The molecule has 0 amide bonds. The van der Waals surface area contributed by atoms with Crippen LogP contribution in [0.4, 0.5) is 0 Å². The van der Waals surface area contributed by atoms with Crippen LogP contribution in [0.15, 0.2) is 72.8 Å². The Balaban J connectivity index is 0.00000134. The van der Waals surface area contributed by atoms with E-state index in [0.29, 0.717) is 11.8 Å². The number of benzene rings is 2. The summed E-state index contributed by atoms with van der Waals surface area (Å²) in [6.45, 7) is 12.4. The lowest BCUT2D eigenvalue weighted by Gasteiger charge is -2.05. The number of rotatable bonds is 4. The van der Waals surface area contributed by atoms with Gasteiger partial charge in [-0.1, -0.05) is 119 Å². The Hall–Kier alpha value is -2.26. The highest BCUT2D eigenvalue weighted by Crippen LogP contribution is 2.16. The van der Waals surface area contributed by atoms with Gasteiger partial charge in [0.2, 0.25) is 0 Å². The van der Waals surface area contributed by atoms with Gasteiger partial charge in [-0.2, -0.15) is 0 Å². The minimum absolute atomic E-state index is 0.297. The highest BCUT2D eigenvalue weighted by Gasteiger charge is 1.99. The van der Waals surface area contributed by atoms with E-state index in [4.69, 9.17) is 0 Å². The van der Waals surface area contributed by atoms with Crippen molar-refractivity contribution >= 4 is 0 Å². The largest absolute Gasteiger partial charge is 0.0985 e. The summed E-state index contributed by atoms with van der Waals surface area (Å²) in [7, 11) is 0. The maximum absolute atomic E-state index is 3.31. The molecule has 2 atom stereocenters. The number of hydrogen-bond donors (Lipinski definition) is 0. The van der Waals surface area contributed by atoms with Gasteiger partial charge < -0.3 is 0 Å². The van der Waals surface area contributed by atoms with Gasteiger partial charge in [-0.05, 0) is 24.0 Å². The molecule has 0 fully saturated rings. The van der Waals surface area contributed by atoms with Gasteiger partial charge in [0.1, 0.15) is 0 Å². The molecule has 0 saturated carbocycles. The molecular weight excluding hydrogens is 300 g/mol. The fourth-order valence-electron chi connectivity index (χ4n) is 2.24. The van der Waals surface area contributed by atoms with Gasteiger partial charge in [0.25, 0.3) is 0 Å². The monoisotopic (exact) mass is 334 g/mol. The maximum atomic E-state index is 3.31. The van der Waals surface area contributed by atoms with Gasteiger partial charge in [0.05, 0.1) is 0 Å². The van der Waals surface area contributed by atoms with E-state index in [9.17, 15) is 0 Å². The van der Waals surface area contributed by atoms with Gasteiger partial charge in [0, 0.05) is 12.3 Å². The second-order valence-corrected chi connectivity index (χ2v) is 5.29. The van der Waals surface area contributed by atoms with Crippen LogP contribution in [0.2, 0.25) is 0 Å². The van der Waals surface area contributed by atoms with E-state index in [2.05, 4.69) is 92.4 Å². The zero-order valence-electron chi connectivity index (χ0n) is 16.8. The Morgan fingerprint density at radius 3 is 1.76 bits per heavy atom. The van der Waals surface area contributed by atoms with Crippen molar-refractivity contribution in [3.8, 4) is 11.8 Å². The number of allylic oxidation sites excluding steroid dienone is 2. The summed E-state index contributed by atoms with van der Waals surface area (Å²) in [4.78, 5) is 0. The molecule has 0 heteroatoms. The van der Waals surface area contributed by atoms with Crippen molar-refractivity contribution in [2.75, 3.05) is 0 Å². The zero-order chi connectivity index (χ0) is 18.9. The minimum Gasteiger partial charge on any atom is -0.0985 e. The van der Waals surface area contributed by atoms with Gasteiger partial charge in [-0.15, -0.1) is 0 Å². The molecule has 2 aromatic rings. The first kappa shape index (κ1) is 22.7.